The van der Waals surface area contributed by atoms with Crippen LogP contribution in [0.15, 0.2) is 24.4 Å². The normalized spacial score (nSPS) is 18.4. The van der Waals surface area contributed by atoms with Gasteiger partial charge in [0.05, 0.1) is 35.6 Å². The van der Waals surface area contributed by atoms with E-state index in [1.807, 2.05) is 31.3 Å². The highest BCUT2D eigenvalue weighted by Crippen LogP contribution is 2.30. The van der Waals surface area contributed by atoms with Crippen LogP contribution < -0.4 is 4.74 Å². The Labute approximate surface area is 158 Å². The predicted molar refractivity (Wildman–Crippen MR) is 101 cm³/mol. The molecule has 4 nitrogen and oxygen atoms in total. The molecule has 0 aliphatic carbocycles. The first-order valence-electron chi connectivity index (χ1n) is 8.27. The maximum atomic E-state index is 6.14. The molecule has 0 spiro atoms. The van der Waals surface area contributed by atoms with Crippen molar-refractivity contribution in [3.8, 4) is 5.75 Å². The summed E-state index contributed by atoms with van der Waals surface area (Å²) >= 11 is 12.2. The Hall–Kier alpha value is -1.33. The molecule has 1 atom stereocenters. The quantitative estimate of drug-likeness (QED) is 0.776. The van der Waals surface area contributed by atoms with E-state index >= 15 is 0 Å². The van der Waals surface area contributed by atoms with Crippen LogP contribution in [-0.2, 0) is 11.3 Å². The first-order chi connectivity index (χ1) is 12.0. The number of nitrogens with zero attached hydrogens (tertiary/aromatic N) is 2. The molecule has 1 saturated heterocycles. The van der Waals surface area contributed by atoms with Crippen molar-refractivity contribution in [2.24, 2.45) is 0 Å². The SMILES string of the molecule is COc1c(C)cnc(CN2CCO[C@@H](c3ccc(Cl)c(Cl)c3)C2)c1C. The second-order valence-electron chi connectivity index (χ2n) is 6.31. The zero-order chi connectivity index (χ0) is 18.0. The van der Waals surface area contributed by atoms with Gasteiger partial charge in [-0.25, -0.2) is 0 Å². The summed E-state index contributed by atoms with van der Waals surface area (Å²) in [5, 5.41) is 1.12. The molecule has 0 unspecified atom stereocenters. The topological polar surface area (TPSA) is 34.6 Å². The van der Waals surface area contributed by atoms with E-state index in [1.54, 1.807) is 7.11 Å². The molecular formula is C19H22Cl2N2O2. The predicted octanol–water partition coefficient (Wildman–Crippen LogP) is 4.59. The molecule has 0 bridgehead atoms. The van der Waals surface area contributed by atoms with Crippen LogP contribution in [-0.4, -0.2) is 36.7 Å². The minimum atomic E-state index is -0.0174. The molecule has 0 amide bonds. The Morgan fingerprint density at radius 2 is 2.08 bits per heavy atom. The highest BCUT2D eigenvalue weighted by molar-refractivity contribution is 6.42. The molecule has 0 radical (unpaired) electrons. The van der Waals surface area contributed by atoms with E-state index in [1.165, 1.54) is 0 Å². The van der Waals surface area contributed by atoms with Crippen molar-refractivity contribution in [1.82, 2.24) is 9.88 Å². The van der Waals surface area contributed by atoms with Gasteiger partial charge < -0.3 is 9.47 Å². The van der Waals surface area contributed by atoms with Gasteiger partial charge in [0, 0.05) is 37.0 Å². The molecule has 1 aliphatic heterocycles. The number of halogens is 2. The van der Waals surface area contributed by atoms with Crippen LogP contribution >= 0.6 is 23.2 Å². The number of pyridine rings is 1. The standard InChI is InChI=1S/C19H22Cl2N2O2/c1-12-9-22-17(13(2)19(12)24-3)10-23-6-7-25-18(11-23)14-4-5-15(20)16(21)8-14/h4-5,8-9,18H,6-7,10-11H2,1-3H3/t18-/m1/s1. The molecular weight excluding hydrogens is 359 g/mol. The van der Waals surface area contributed by atoms with Gasteiger partial charge in [-0.15, -0.1) is 0 Å². The average Bonchev–Trinajstić information content (AvgIpc) is 2.61. The van der Waals surface area contributed by atoms with Crippen molar-refractivity contribution < 1.29 is 9.47 Å². The van der Waals surface area contributed by atoms with Gasteiger partial charge in [0.2, 0.25) is 0 Å². The van der Waals surface area contributed by atoms with E-state index in [2.05, 4.69) is 16.8 Å². The maximum Gasteiger partial charge on any atom is 0.128 e. The molecule has 1 aliphatic rings. The second kappa shape index (κ2) is 7.92. The van der Waals surface area contributed by atoms with Crippen LogP contribution in [0.5, 0.6) is 5.75 Å². The molecule has 3 rings (SSSR count). The van der Waals surface area contributed by atoms with Crippen molar-refractivity contribution in [3.05, 3.63) is 56.8 Å². The lowest BCUT2D eigenvalue weighted by atomic mass is 10.1. The minimum Gasteiger partial charge on any atom is -0.496 e. The molecule has 1 aromatic carbocycles. The number of aryl methyl sites for hydroxylation is 1. The summed E-state index contributed by atoms with van der Waals surface area (Å²) in [6, 6.07) is 5.68. The highest BCUT2D eigenvalue weighted by Gasteiger charge is 2.24. The fourth-order valence-corrected chi connectivity index (χ4v) is 3.51. The average molecular weight is 381 g/mol. The van der Waals surface area contributed by atoms with Crippen LogP contribution in [0.1, 0.15) is 28.5 Å². The van der Waals surface area contributed by atoms with Crippen LogP contribution in [0.3, 0.4) is 0 Å². The number of aromatic nitrogens is 1. The molecule has 0 saturated carbocycles. The third-order valence-electron chi connectivity index (χ3n) is 4.59. The van der Waals surface area contributed by atoms with Crippen molar-refractivity contribution in [2.45, 2.75) is 26.5 Å². The molecule has 1 fully saturated rings. The van der Waals surface area contributed by atoms with E-state index < -0.39 is 0 Å². The second-order valence-corrected chi connectivity index (χ2v) is 7.13. The lowest BCUT2D eigenvalue weighted by molar-refractivity contribution is -0.0333. The smallest absolute Gasteiger partial charge is 0.128 e. The van der Waals surface area contributed by atoms with Crippen LogP contribution in [0, 0.1) is 13.8 Å². The summed E-state index contributed by atoms with van der Waals surface area (Å²) in [4.78, 5) is 6.95. The first-order valence-corrected chi connectivity index (χ1v) is 9.03. The lowest BCUT2D eigenvalue weighted by Gasteiger charge is -2.33. The van der Waals surface area contributed by atoms with Crippen molar-refractivity contribution in [3.63, 3.8) is 0 Å². The maximum absolute atomic E-state index is 6.14. The van der Waals surface area contributed by atoms with Gasteiger partial charge in [-0.2, -0.15) is 0 Å². The third kappa shape index (κ3) is 4.09. The molecule has 1 aromatic heterocycles. The minimum absolute atomic E-state index is 0.0174. The van der Waals surface area contributed by atoms with Crippen molar-refractivity contribution in [1.29, 1.82) is 0 Å². The Kier molecular flexibility index (Phi) is 5.85. The van der Waals surface area contributed by atoms with Gasteiger partial charge in [0.15, 0.2) is 0 Å². The molecule has 6 heteroatoms. The Bertz CT molecular complexity index is 767. The summed E-state index contributed by atoms with van der Waals surface area (Å²) in [6.45, 7) is 7.17. The van der Waals surface area contributed by atoms with Gasteiger partial charge in [0.1, 0.15) is 5.75 Å². The Morgan fingerprint density at radius 3 is 2.80 bits per heavy atom. The lowest BCUT2D eigenvalue weighted by Crippen LogP contribution is -2.38. The molecule has 0 N–H and O–H groups in total. The zero-order valence-corrected chi connectivity index (χ0v) is 16.2. The zero-order valence-electron chi connectivity index (χ0n) is 14.7. The number of methoxy groups -OCH3 is 1. The number of hydrogen-bond donors (Lipinski definition) is 0. The van der Waals surface area contributed by atoms with Crippen molar-refractivity contribution >= 4 is 23.2 Å². The van der Waals surface area contributed by atoms with E-state index in [0.29, 0.717) is 16.7 Å². The monoisotopic (exact) mass is 380 g/mol. The van der Waals surface area contributed by atoms with Gasteiger partial charge in [-0.3, -0.25) is 9.88 Å². The Balaban J connectivity index is 1.75. The summed E-state index contributed by atoms with van der Waals surface area (Å²) in [7, 11) is 1.70. The van der Waals surface area contributed by atoms with E-state index in [4.69, 9.17) is 32.7 Å². The number of rotatable bonds is 4. The van der Waals surface area contributed by atoms with E-state index in [9.17, 15) is 0 Å². The number of morpholine rings is 1. The van der Waals surface area contributed by atoms with E-state index in [-0.39, 0.29) is 6.10 Å². The fraction of sp³-hybridized carbons (Fsp3) is 0.421. The third-order valence-corrected chi connectivity index (χ3v) is 5.33. The Morgan fingerprint density at radius 1 is 1.28 bits per heavy atom. The van der Waals surface area contributed by atoms with Gasteiger partial charge in [0.25, 0.3) is 0 Å². The molecule has 134 valence electrons. The fourth-order valence-electron chi connectivity index (χ4n) is 3.20. The molecule has 2 heterocycles. The van der Waals surface area contributed by atoms with Crippen molar-refractivity contribution in [2.75, 3.05) is 26.8 Å². The number of benzene rings is 1. The van der Waals surface area contributed by atoms with E-state index in [0.717, 1.165) is 47.8 Å². The van der Waals surface area contributed by atoms with Crippen LogP contribution in [0.25, 0.3) is 0 Å². The summed E-state index contributed by atoms with van der Waals surface area (Å²) in [6.07, 6.45) is 1.86. The van der Waals surface area contributed by atoms with Gasteiger partial charge in [-0.05, 0) is 31.5 Å². The number of hydrogen-bond acceptors (Lipinski definition) is 4. The first kappa shape index (κ1) is 18.5. The summed E-state index contributed by atoms with van der Waals surface area (Å²) < 4.78 is 11.4. The number of ether oxygens (including phenoxy) is 2. The highest BCUT2D eigenvalue weighted by atomic mass is 35.5. The summed E-state index contributed by atoms with van der Waals surface area (Å²) in [5.74, 6) is 0.916. The summed E-state index contributed by atoms with van der Waals surface area (Å²) in [5.41, 5.74) is 4.24. The van der Waals surface area contributed by atoms with Crippen LogP contribution in [0.2, 0.25) is 10.0 Å². The largest absolute Gasteiger partial charge is 0.496 e. The van der Waals surface area contributed by atoms with Gasteiger partial charge >= 0.3 is 0 Å². The molecule has 25 heavy (non-hydrogen) atoms. The van der Waals surface area contributed by atoms with Crippen LogP contribution in [0.4, 0.5) is 0 Å². The van der Waals surface area contributed by atoms with Gasteiger partial charge in [-0.1, -0.05) is 29.3 Å². The molecule has 2 aromatic rings.